The molecule has 3 aromatic rings. The van der Waals surface area contributed by atoms with Crippen molar-refractivity contribution in [1.29, 1.82) is 0 Å². The molecule has 1 fully saturated rings. The number of carbonyl (C=O) groups is 1. The molecule has 1 aliphatic heterocycles. The second kappa shape index (κ2) is 11.4. The Morgan fingerprint density at radius 3 is 2.03 bits per heavy atom. The third-order valence-corrected chi connectivity index (χ3v) is 6.11. The van der Waals surface area contributed by atoms with Gasteiger partial charge in [0.05, 0.1) is 5.70 Å². The molecule has 1 aliphatic rings. The molecule has 0 aromatic heterocycles. The number of rotatable bonds is 8. The van der Waals surface area contributed by atoms with Crippen LogP contribution in [-0.2, 0) is 11.2 Å². The Morgan fingerprint density at radius 2 is 1.49 bits per heavy atom. The van der Waals surface area contributed by atoms with Gasteiger partial charge in [-0.1, -0.05) is 36.4 Å². The molecule has 0 bridgehead atoms. The number of alkyl halides is 3. The van der Waals surface area contributed by atoms with Crippen molar-refractivity contribution >= 4 is 23.0 Å². The zero-order chi connectivity index (χ0) is 26.4. The molecule has 0 atom stereocenters. The summed E-state index contributed by atoms with van der Waals surface area (Å²) in [6.45, 7) is 3.95. The predicted octanol–water partition coefficient (Wildman–Crippen LogP) is 5.47. The maximum Gasteiger partial charge on any atom is 0.573 e. The Hall–Kier alpha value is -3.98. The summed E-state index contributed by atoms with van der Waals surface area (Å²) in [6.07, 6.45) is -3.09. The number of anilines is 2. The smallest absolute Gasteiger partial charge is 0.478 e. The second-order valence-electron chi connectivity index (χ2n) is 8.92. The first-order valence-corrected chi connectivity index (χ1v) is 11.8. The van der Waals surface area contributed by atoms with Gasteiger partial charge in [0.15, 0.2) is 0 Å². The summed E-state index contributed by atoms with van der Waals surface area (Å²) in [5, 5.41) is 12.6. The standard InChI is InChI=1S/C28H28F3N3O3/c1-33-14-16-34(17-15-33)24-10-8-23(9-11-24)32-26(19-27(35)36)22-6-2-20(3-7-22)18-21-4-12-25(13-5-21)37-28(29,30)31/h2-13,19,32H,14-18H2,1H3,(H,35,36). The second-order valence-corrected chi connectivity index (χ2v) is 8.92. The van der Waals surface area contributed by atoms with Crippen LogP contribution in [0.1, 0.15) is 16.7 Å². The van der Waals surface area contributed by atoms with Gasteiger partial charge in [-0.3, -0.25) is 0 Å². The minimum absolute atomic E-state index is 0.266. The molecule has 1 heterocycles. The van der Waals surface area contributed by atoms with Crippen molar-refractivity contribution in [2.45, 2.75) is 12.8 Å². The van der Waals surface area contributed by atoms with E-state index in [1.54, 1.807) is 12.1 Å². The number of nitrogens with zero attached hydrogens (tertiary/aromatic N) is 2. The molecule has 4 rings (SSSR count). The van der Waals surface area contributed by atoms with Gasteiger partial charge in [-0.2, -0.15) is 0 Å². The van der Waals surface area contributed by atoms with Crippen molar-refractivity contribution in [2.24, 2.45) is 0 Å². The Kier molecular flexibility index (Phi) is 8.03. The van der Waals surface area contributed by atoms with E-state index < -0.39 is 12.3 Å². The molecule has 0 radical (unpaired) electrons. The highest BCUT2D eigenvalue weighted by atomic mass is 19.4. The molecule has 9 heteroatoms. The van der Waals surface area contributed by atoms with Crippen molar-refractivity contribution in [3.8, 4) is 5.75 Å². The lowest BCUT2D eigenvalue weighted by Crippen LogP contribution is -2.44. The fourth-order valence-corrected chi connectivity index (χ4v) is 4.14. The number of hydrogen-bond donors (Lipinski definition) is 2. The number of aliphatic carboxylic acids is 1. The lowest BCUT2D eigenvalue weighted by atomic mass is 10.0. The van der Waals surface area contributed by atoms with Crippen molar-refractivity contribution < 1.29 is 27.8 Å². The number of carboxylic acids is 1. The van der Waals surface area contributed by atoms with Gasteiger partial charge in [-0.15, -0.1) is 13.2 Å². The van der Waals surface area contributed by atoms with Crippen molar-refractivity contribution in [3.05, 3.63) is 95.6 Å². The van der Waals surface area contributed by atoms with Gasteiger partial charge in [0, 0.05) is 43.6 Å². The van der Waals surface area contributed by atoms with E-state index in [4.69, 9.17) is 0 Å². The van der Waals surface area contributed by atoms with Gasteiger partial charge in [0.2, 0.25) is 0 Å². The monoisotopic (exact) mass is 511 g/mol. The van der Waals surface area contributed by atoms with E-state index in [9.17, 15) is 23.1 Å². The topological polar surface area (TPSA) is 65.0 Å². The average Bonchev–Trinajstić information content (AvgIpc) is 2.85. The van der Waals surface area contributed by atoms with E-state index in [1.165, 1.54) is 12.1 Å². The number of piperazine rings is 1. The molecule has 6 nitrogen and oxygen atoms in total. The summed E-state index contributed by atoms with van der Waals surface area (Å²) in [5.41, 5.74) is 4.80. The van der Waals surface area contributed by atoms with Gasteiger partial charge >= 0.3 is 12.3 Å². The number of nitrogens with one attached hydrogen (secondary N) is 1. The van der Waals surface area contributed by atoms with Crippen molar-refractivity contribution in [2.75, 3.05) is 43.4 Å². The van der Waals surface area contributed by atoms with E-state index in [-0.39, 0.29) is 5.75 Å². The molecule has 1 saturated heterocycles. The first-order valence-electron chi connectivity index (χ1n) is 11.8. The van der Waals surface area contributed by atoms with Gasteiger partial charge in [0.25, 0.3) is 0 Å². The van der Waals surface area contributed by atoms with Crippen LogP contribution in [0.2, 0.25) is 0 Å². The van der Waals surface area contributed by atoms with Gasteiger partial charge in [-0.25, -0.2) is 4.79 Å². The number of hydrogen-bond acceptors (Lipinski definition) is 5. The molecule has 0 spiro atoms. The molecule has 3 aromatic carbocycles. The van der Waals surface area contributed by atoms with Crippen LogP contribution in [0.3, 0.4) is 0 Å². The highest BCUT2D eigenvalue weighted by molar-refractivity contribution is 5.93. The van der Waals surface area contributed by atoms with E-state index in [2.05, 4.69) is 26.9 Å². The highest BCUT2D eigenvalue weighted by Gasteiger charge is 2.30. The minimum Gasteiger partial charge on any atom is -0.478 e. The molecule has 0 unspecified atom stereocenters. The van der Waals surface area contributed by atoms with Crippen LogP contribution in [0.15, 0.2) is 78.9 Å². The number of likely N-dealkylation sites (N-methyl/N-ethyl adjacent to an activating group) is 1. The zero-order valence-electron chi connectivity index (χ0n) is 20.3. The SMILES string of the molecule is CN1CCN(c2ccc(NC(=CC(=O)O)c3ccc(Cc4ccc(OC(F)(F)F)cc4)cc3)cc2)CC1. The molecule has 194 valence electrons. The fourth-order valence-electron chi connectivity index (χ4n) is 4.14. The molecule has 37 heavy (non-hydrogen) atoms. The van der Waals surface area contributed by atoms with E-state index in [0.29, 0.717) is 17.7 Å². The predicted molar refractivity (Wildman–Crippen MR) is 138 cm³/mol. The minimum atomic E-state index is -4.72. The maximum absolute atomic E-state index is 12.3. The van der Waals surface area contributed by atoms with Crippen LogP contribution in [-0.4, -0.2) is 55.6 Å². The van der Waals surface area contributed by atoms with E-state index in [1.807, 2.05) is 48.5 Å². The number of halogens is 3. The molecule has 0 aliphatic carbocycles. The summed E-state index contributed by atoms with van der Waals surface area (Å²) < 4.78 is 40.9. The third-order valence-electron chi connectivity index (χ3n) is 6.11. The number of benzene rings is 3. The van der Waals surface area contributed by atoms with E-state index in [0.717, 1.165) is 54.8 Å². The van der Waals surface area contributed by atoms with Crippen molar-refractivity contribution in [1.82, 2.24) is 4.90 Å². The normalized spacial score (nSPS) is 14.9. The number of carboxylic acid groups (broad SMARTS) is 1. The van der Waals surface area contributed by atoms with Crippen LogP contribution >= 0.6 is 0 Å². The Balaban J connectivity index is 1.42. The Bertz CT molecular complexity index is 1220. The molecule has 2 N–H and O–H groups in total. The summed E-state index contributed by atoms with van der Waals surface area (Å²) in [7, 11) is 2.11. The van der Waals surface area contributed by atoms with Crippen LogP contribution in [0.4, 0.5) is 24.5 Å². The van der Waals surface area contributed by atoms with Crippen LogP contribution in [0.25, 0.3) is 5.70 Å². The Labute approximate surface area is 213 Å². The molecular weight excluding hydrogens is 483 g/mol. The fraction of sp³-hybridized carbons (Fsp3) is 0.250. The maximum atomic E-state index is 12.3. The van der Waals surface area contributed by atoms with Crippen molar-refractivity contribution in [3.63, 3.8) is 0 Å². The average molecular weight is 512 g/mol. The molecule has 0 amide bonds. The highest BCUT2D eigenvalue weighted by Crippen LogP contribution is 2.25. The quantitative estimate of drug-likeness (QED) is 0.392. The first kappa shape index (κ1) is 26.1. The van der Waals surface area contributed by atoms with E-state index >= 15 is 0 Å². The summed E-state index contributed by atoms with van der Waals surface area (Å²) >= 11 is 0. The Morgan fingerprint density at radius 1 is 0.919 bits per heavy atom. The zero-order valence-corrected chi connectivity index (χ0v) is 20.3. The number of ether oxygens (including phenoxy) is 1. The summed E-state index contributed by atoms with van der Waals surface area (Å²) in [6, 6.07) is 21.0. The van der Waals surface area contributed by atoms with Gasteiger partial charge in [0.1, 0.15) is 5.75 Å². The summed E-state index contributed by atoms with van der Waals surface area (Å²) in [4.78, 5) is 16.1. The molecule has 0 saturated carbocycles. The largest absolute Gasteiger partial charge is 0.573 e. The van der Waals surface area contributed by atoms with Crippen LogP contribution in [0, 0.1) is 0 Å². The van der Waals surface area contributed by atoms with Crippen LogP contribution < -0.4 is 15.0 Å². The van der Waals surface area contributed by atoms with Gasteiger partial charge < -0.3 is 25.0 Å². The third kappa shape index (κ3) is 7.75. The van der Waals surface area contributed by atoms with Crippen LogP contribution in [0.5, 0.6) is 5.75 Å². The van der Waals surface area contributed by atoms with Gasteiger partial charge in [-0.05, 0) is 66.6 Å². The molecular formula is C28H28F3N3O3. The lowest BCUT2D eigenvalue weighted by molar-refractivity contribution is -0.274. The first-order chi connectivity index (χ1) is 17.6. The lowest BCUT2D eigenvalue weighted by Gasteiger charge is -2.34. The summed E-state index contributed by atoms with van der Waals surface area (Å²) in [5.74, 6) is -1.33.